The Bertz CT molecular complexity index is 206. The molecule has 2 saturated carbocycles. The number of nitrogens with zero attached hydrogens (tertiary/aromatic N) is 1. The van der Waals surface area contributed by atoms with E-state index in [1.807, 2.05) is 0 Å². The third-order valence-electron chi connectivity index (χ3n) is 4.42. The molecule has 2 aliphatic carbocycles. The van der Waals surface area contributed by atoms with E-state index in [0.717, 1.165) is 30.5 Å². The number of likely N-dealkylation sites (tertiary alicyclic amines) is 1. The molecule has 14 heavy (non-hydrogen) atoms. The van der Waals surface area contributed by atoms with Crippen LogP contribution >= 0.6 is 0 Å². The van der Waals surface area contributed by atoms with Gasteiger partial charge < -0.3 is 5.32 Å². The van der Waals surface area contributed by atoms with E-state index in [1.54, 1.807) is 6.42 Å². The molecular weight excluding hydrogens is 172 g/mol. The van der Waals surface area contributed by atoms with E-state index in [-0.39, 0.29) is 0 Å². The summed E-state index contributed by atoms with van der Waals surface area (Å²) in [5, 5.41) is 3.59. The smallest absolute Gasteiger partial charge is 0.0111 e. The summed E-state index contributed by atoms with van der Waals surface area (Å²) < 4.78 is 0. The molecule has 0 aromatic rings. The maximum Gasteiger partial charge on any atom is 0.0111 e. The van der Waals surface area contributed by atoms with Gasteiger partial charge >= 0.3 is 0 Å². The van der Waals surface area contributed by atoms with Gasteiger partial charge in [0, 0.05) is 25.2 Å². The maximum absolute atomic E-state index is 3.59. The van der Waals surface area contributed by atoms with Crippen LogP contribution < -0.4 is 5.32 Å². The van der Waals surface area contributed by atoms with Gasteiger partial charge in [-0.2, -0.15) is 0 Å². The predicted molar refractivity (Wildman–Crippen MR) is 58.3 cm³/mol. The van der Waals surface area contributed by atoms with Crippen LogP contribution in [0.4, 0.5) is 0 Å². The second kappa shape index (κ2) is 3.49. The fraction of sp³-hybridized carbons (Fsp3) is 1.00. The van der Waals surface area contributed by atoms with E-state index in [2.05, 4.69) is 17.1 Å². The zero-order chi connectivity index (χ0) is 9.54. The van der Waals surface area contributed by atoms with Gasteiger partial charge in [0.25, 0.3) is 0 Å². The predicted octanol–water partition coefficient (Wildman–Crippen LogP) is 1.47. The molecule has 1 saturated heterocycles. The quantitative estimate of drug-likeness (QED) is 0.732. The van der Waals surface area contributed by atoms with Crippen molar-refractivity contribution >= 4 is 0 Å². The van der Waals surface area contributed by atoms with Gasteiger partial charge in [-0.05, 0) is 44.1 Å². The van der Waals surface area contributed by atoms with Crippen molar-refractivity contribution < 1.29 is 0 Å². The molecule has 3 rings (SSSR count). The van der Waals surface area contributed by atoms with Crippen molar-refractivity contribution in [2.75, 3.05) is 19.6 Å². The highest BCUT2D eigenvalue weighted by molar-refractivity contribution is 5.00. The Kier molecular flexibility index (Phi) is 2.29. The lowest BCUT2D eigenvalue weighted by Crippen LogP contribution is -2.35. The van der Waals surface area contributed by atoms with E-state index in [1.165, 1.54) is 32.4 Å². The molecule has 80 valence electrons. The molecule has 0 bridgehead atoms. The highest BCUT2D eigenvalue weighted by Crippen LogP contribution is 2.46. The van der Waals surface area contributed by atoms with Crippen molar-refractivity contribution in [1.82, 2.24) is 10.2 Å². The Morgan fingerprint density at radius 3 is 2.64 bits per heavy atom. The second-order valence-electron chi connectivity index (χ2n) is 5.43. The van der Waals surface area contributed by atoms with Crippen LogP contribution in [0.15, 0.2) is 0 Å². The second-order valence-corrected chi connectivity index (χ2v) is 5.43. The fourth-order valence-corrected chi connectivity index (χ4v) is 3.50. The van der Waals surface area contributed by atoms with E-state index in [9.17, 15) is 0 Å². The summed E-state index contributed by atoms with van der Waals surface area (Å²) in [6.45, 7) is 6.21. The molecule has 4 atom stereocenters. The molecule has 4 unspecified atom stereocenters. The van der Waals surface area contributed by atoms with Crippen molar-refractivity contribution in [3.8, 4) is 0 Å². The van der Waals surface area contributed by atoms with Gasteiger partial charge in [-0.1, -0.05) is 6.92 Å². The number of nitrogens with one attached hydrogen (secondary N) is 1. The SMILES string of the molecule is CCNC1CCC(N2CC3CC3C2)C1. The molecule has 1 N–H and O–H groups in total. The lowest BCUT2D eigenvalue weighted by atomic mass is 10.2. The molecular formula is C12H22N2. The number of piperidine rings is 1. The molecule has 3 aliphatic rings. The maximum atomic E-state index is 3.59. The molecule has 0 radical (unpaired) electrons. The minimum atomic E-state index is 0.821. The van der Waals surface area contributed by atoms with E-state index >= 15 is 0 Å². The summed E-state index contributed by atoms with van der Waals surface area (Å²) in [4.78, 5) is 2.77. The highest BCUT2D eigenvalue weighted by atomic mass is 15.2. The third kappa shape index (κ3) is 1.59. The summed E-state index contributed by atoms with van der Waals surface area (Å²) in [6, 6.07) is 1.74. The molecule has 0 aromatic carbocycles. The van der Waals surface area contributed by atoms with Crippen molar-refractivity contribution in [3.63, 3.8) is 0 Å². The Morgan fingerprint density at radius 1 is 1.14 bits per heavy atom. The minimum absolute atomic E-state index is 0.821. The molecule has 1 heterocycles. The largest absolute Gasteiger partial charge is 0.314 e. The first-order valence-corrected chi connectivity index (χ1v) is 6.34. The molecule has 2 nitrogen and oxygen atoms in total. The number of fused-ring (bicyclic) bond motifs is 1. The summed E-state index contributed by atoms with van der Waals surface area (Å²) in [7, 11) is 0. The number of hydrogen-bond acceptors (Lipinski definition) is 2. The van der Waals surface area contributed by atoms with Crippen LogP contribution in [-0.2, 0) is 0 Å². The van der Waals surface area contributed by atoms with Crippen molar-refractivity contribution in [3.05, 3.63) is 0 Å². The first-order chi connectivity index (χ1) is 6.86. The first-order valence-electron chi connectivity index (χ1n) is 6.34. The van der Waals surface area contributed by atoms with Crippen LogP contribution in [0.25, 0.3) is 0 Å². The van der Waals surface area contributed by atoms with Crippen LogP contribution in [0.3, 0.4) is 0 Å². The van der Waals surface area contributed by atoms with Crippen molar-refractivity contribution in [1.29, 1.82) is 0 Å². The summed E-state index contributed by atoms with van der Waals surface area (Å²) in [6.07, 6.45) is 5.80. The Labute approximate surface area is 87.0 Å². The zero-order valence-electron chi connectivity index (χ0n) is 9.21. The topological polar surface area (TPSA) is 15.3 Å². The molecule has 2 heteroatoms. The monoisotopic (exact) mass is 194 g/mol. The van der Waals surface area contributed by atoms with Crippen LogP contribution in [0.2, 0.25) is 0 Å². The summed E-state index contributed by atoms with van der Waals surface area (Å²) >= 11 is 0. The first kappa shape index (κ1) is 9.17. The average Bonchev–Trinajstić information content (AvgIpc) is 2.68. The van der Waals surface area contributed by atoms with Gasteiger partial charge in [-0.3, -0.25) is 4.90 Å². The van der Waals surface area contributed by atoms with Gasteiger partial charge in [0.15, 0.2) is 0 Å². The average molecular weight is 194 g/mol. The van der Waals surface area contributed by atoms with Crippen molar-refractivity contribution in [2.24, 2.45) is 11.8 Å². The standard InChI is InChI=1S/C12H22N2/c1-2-13-11-3-4-12(6-11)14-7-9-5-10(9)8-14/h9-13H,2-8H2,1H3. The van der Waals surface area contributed by atoms with Crippen LogP contribution in [0, 0.1) is 11.8 Å². The Hall–Kier alpha value is -0.0800. The Balaban J connectivity index is 1.50. The van der Waals surface area contributed by atoms with Gasteiger partial charge in [0.1, 0.15) is 0 Å². The van der Waals surface area contributed by atoms with Gasteiger partial charge in [-0.25, -0.2) is 0 Å². The number of rotatable bonds is 3. The van der Waals surface area contributed by atoms with E-state index < -0.39 is 0 Å². The van der Waals surface area contributed by atoms with Gasteiger partial charge in [-0.15, -0.1) is 0 Å². The molecule has 1 aliphatic heterocycles. The van der Waals surface area contributed by atoms with Crippen LogP contribution in [0.5, 0.6) is 0 Å². The Morgan fingerprint density at radius 2 is 1.93 bits per heavy atom. The van der Waals surface area contributed by atoms with Gasteiger partial charge in [0.2, 0.25) is 0 Å². The van der Waals surface area contributed by atoms with Crippen LogP contribution in [-0.4, -0.2) is 36.6 Å². The molecule has 0 amide bonds. The zero-order valence-corrected chi connectivity index (χ0v) is 9.21. The van der Waals surface area contributed by atoms with Crippen molar-refractivity contribution in [2.45, 2.75) is 44.7 Å². The van der Waals surface area contributed by atoms with Gasteiger partial charge in [0.05, 0.1) is 0 Å². The lowest BCUT2D eigenvalue weighted by molar-refractivity contribution is 0.219. The molecule has 0 spiro atoms. The number of hydrogen-bond donors (Lipinski definition) is 1. The minimum Gasteiger partial charge on any atom is -0.314 e. The molecule has 0 aromatic heterocycles. The summed E-state index contributed by atoms with van der Waals surface area (Å²) in [5.74, 6) is 2.21. The van der Waals surface area contributed by atoms with E-state index in [4.69, 9.17) is 0 Å². The fourth-order valence-electron chi connectivity index (χ4n) is 3.50. The highest BCUT2D eigenvalue weighted by Gasteiger charge is 2.47. The molecule has 3 fully saturated rings. The normalized spacial score (nSPS) is 46.9. The van der Waals surface area contributed by atoms with E-state index in [0.29, 0.717) is 0 Å². The summed E-state index contributed by atoms with van der Waals surface area (Å²) in [5.41, 5.74) is 0. The lowest BCUT2D eigenvalue weighted by Gasteiger charge is -2.25. The third-order valence-corrected chi connectivity index (χ3v) is 4.42. The van der Waals surface area contributed by atoms with Crippen LogP contribution in [0.1, 0.15) is 32.6 Å².